The Hall–Kier alpha value is -1.45. The first-order chi connectivity index (χ1) is 8.72. The zero-order chi connectivity index (χ0) is 13.0. The molecular formula is C15H17NOS. The molecule has 0 aliphatic heterocycles. The van der Waals surface area contributed by atoms with Crippen LogP contribution < -0.4 is 10.5 Å². The van der Waals surface area contributed by atoms with Crippen molar-refractivity contribution in [2.75, 3.05) is 7.11 Å². The summed E-state index contributed by atoms with van der Waals surface area (Å²) in [5.74, 6) is 0.891. The van der Waals surface area contributed by atoms with E-state index < -0.39 is 0 Å². The Kier molecular flexibility index (Phi) is 4.28. The summed E-state index contributed by atoms with van der Waals surface area (Å²) < 4.78 is 5.37. The van der Waals surface area contributed by atoms with E-state index in [-0.39, 0.29) is 6.04 Å². The largest absolute Gasteiger partial charge is 0.496 e. The third-order valence-electron chi connectivity index (χ3n) is 2.70. The molecule has 2 N–H and O–H groups in total. The van der Waals surface area contributed by atoms with E-state index in [0.29, 0.717) is 0 Å². The summed E-state index contributed by atoms with van der Waals surface area (Å²) in [6.45, 7) is 2.00. The average molecular weight is 259 g/mol. The molecule has 0 aromatic heterocycles. The Morgan fingerprint density at radius 3 is 2.28 bits per heavy atom. The van der Waals surface area contributed by atoms with E-state index in [1.54, 1.807) is 18.9 Å². The first-order valence-corrected chi connectivity index (χ1v) is 6.69. The number of nitrogens with two attached hydrogens (primary N) is 1. The minimum Gasteiger partial charge on any atom is -0.496 e. The standard InChI is InChI=1S/C15H17NOS/c1-11(16)12-7-3-5-9-14(12)18-15-10-6-4-8-13(15)17-2/h3-11H,16H2,1-2H3. The normalized spacial score (nSPS) is 12.2. The maximum atomic E-state index is 5.99. The molecular weight excluding hydrogens is 242 g/mol. The van der Waals surface area contributed by atoms with Crippen molar-refractivity contribution in [2.24, 2.45) is 5.73 Å². The summed E-state index contributed by atoms with van der Waals surface area (Å²) in [4.78, 5) is 2.28. The smallest absolute Gasteiger partial charge is 0.132 e. The van der Waals surface area contributed by atoms with Crippen molar-refractivity contribution in [1.82, 2.24) is 0 Å². The van der Waals surface area contributed by atoms with E-state index in [1.165, 1.54) is 4.90 Å². The first-order valence-electron chi connectivity index (χ1n) is 5.87. The van der Waals surface area contributed by atoms with E-state index in [4.69, 9.17) is 10.5 Å². The second-order valence-corrected chi connectivity index (χ2v) is 5.16. The van der Waals surface area contributed by atoms with Crippen molar-refractivity contribution >= 4 is 11.8 Å². The van der Waals surface area contributed by atoms with Crippen LogP contribution in [-0.2, 0) is 0 Å². The summed E-state index contributed by atoms with van der Waals surface area (Å²) >= 11 is 1.69. The maximum Gasteiger partial charge on any atom is 0.132 e. The highest BCUT2D eigenvalue weighted by atomic mass is 32.2. The van der Waals surface area contributed by atoms with Crippen LogP contribution in [0.25, 0.3) is 0 Å². The fraction of sp³-hybridized carbons (Fsp3) is 0.200. The topological polar surface area (TPSA) is 35.2 Å². The SMILES string of the molecule is COc1ccccc1Sc1ccccc1C(C)N. The van der Waals surface area contributed by atoms with Crippen molar-refractivity contribution in [3.63, 3.8) is 0 Å². The molecule has 0 bridgehead atoms. The molecule has 18 heavy (non-hydrogen) atoms. The molecule has 0 amide bonds. The number of hydrogen-bond acceptors (Lipinski definition) is 3. The Balaban J connectivity index is 2.34. The highest BCUT2D eigenvalue weighted by molar-refractivity contribution is 7.99. The molecule has 0 heterocycles. The van der Waals surface area contributed by atoms with Gasteiger partial charge in [0.15, 0.2) is 0 Å². The summed E-state index contributed by atoms with van der Waals surface area (Å²) in [6.07, 6.45) is 0. The van der Waals surface area contributed by atoms with E-state index in [9.17, 15) is 0 Å². The van der Waals surface area contributed by atoms with Gasteiger partial charge < -0.3 is 10.5 Å². The third kappa shape index (κ3) is 2.86. The lowest BCUT2D eigenvalue weighted by Crippen LogP contribution is -2.06. The predicted octanol–water partition coefficient (Wildman–Crippen LogP) is 3.87. The van der Waals surface area contributed by atoms with Crippen LogP contribution in [-0.4, -0.2) is 7.11 Å². The van der Waals surface area contributed by atoms with Gasteiger partial charge in [0.2, 0.25) is 0 Å². The average Bonchev–Trinajstić information content (AvgIpc) is 2.40. The Morgan fingerprint density at radius 2 is 1.61 bits per heavy atom. The molecule has 2 aromatic rings. The molecule has 2 nitrogen and oxygen atoms in total. The maximum absolute atomic E-state index is 5.99. The van der Waals surface area contributed by atoms with Gasteiger partial charge in [-0.15, -0.1) is 0 Å². The highest BCUT2D eigenvalue weighted by Gasteiger charge is 2.09. The molecule has 0 saturated carbocycles. The molecule has 2 aromatic carbocycles. The van der Waals surface area contributed by atoms with Gasteiger partial charge in [-0.2, -0.15) is 0 Å². The van der Waals surface area contributed by atoms with E-state index in [1.807, 2.05) is 37.3 Å². The monoisotopic (exact) mass is 259 g/mol. The second-order valence-electron chi connectivity index (χ2n) is 4.08. The van der Waals surface area contributed by atoms with Gasteiger partial charge in [-0.3, -0.25) is 0 Å². The molecule has 2 rings (SSSR count). The minimum atomic E-state index is 0.0309. The first kappa shape index (κ1) is 13.0. The fourth-order valence-electron chi connectivity index (χ4n) is 1.77. The van der Waals surface area contributed by atoms with Gasteiger partial charge >= 0.3 is 0 Å². The number of methoxy groups -OCH3 is 1. The number of benzene rings is 2. The van der Waals surface area contributed by atoms with Crippen molar-refractivity contribution < 1.29 is 4.74 Å². The summed E-state index contributed by atoms with van der Waals surface area (Å²) in [7, 11) is 1.69. The van der Waals surface area contributed by atoms with Gasteiger partial charge in [0.25, 0.3) is 0 Å². The van der Waals surface area contributed by atoms with Gasteiger partial charge in [0.05, 0.1) is 12.0 Å². The van der Waals surface area contributed by atoms with Crippen LogP contribution in [0.2, 0.25) is 0 Å². The van der Waals surface area contributed by atoms with Crippen molar-refractivity contribution in [3.8, 4) is 5.75 Å². The molecule has 0 aliphatic carbocycles. The zero-order valence-corrected chi connectivity index (χ0v) is 11.4. The van der Waals surface area contributed by atoms with Crippen molar-refractivity contribution in [1.29, 1.82) is 0 Å². The summed E-state index contributed by atoms with van der Waals surface area (Å²) in [5.41, 5.74) is 7.15. The van der Waals surface area contributed by atoms with Crippen LogP contribution in [0, 0.1) is 0 Å². The Bertz CT molecular complexity index is 525. The molecule has 1 unspecified atom stereocenters. The van der Waals surface area contributed by atoms with Gasteiger partial charge in [-0.1, -0.05) is 42.1 Å². The van der Waals surface area contributed by atoms with Crippen LogP contribution >= 0.6 is 11.8 Å². The lowest BCUT2D eigenvalue weighted by Gasteiger charge is -2.13. The fourth-order valence-corrected chi connectivity index (χ4v) is 2.93. The molecule has 3 heteroatoms. The van der Waals surface area contributed by atoms with E-state index in [2.05, 4.69) is 18.2 Å². The second kappa shape index (κ2) is 5.94. The number of para-hydroxylation sites is 1. The predicted molar refractivity (Wildman–Crippen MR) is 76.2 cm³/mol. The van der Waals surface area contributed by atoms with Crippen LogP contribution in [0.4, 0.5) is 0 Å². The quantitative estimate of drug-likeness (QED) is 0.905. The summed E-state index contributed by atoms with van der Waals surface area (Å²) in [6, 6.07) is 16.3. The van der Waals surface area contributed by atoms with Crippen LogP contribution in [0.5, 0.6) is 5.75 Å². The van der Waals surface area contributed by atoms with E-state index >= 15 is 0 Å². The number of hydrogen-bond donors (Lipinski definition) is 1. The molecule has 0 saturated heterocycles. The number of ether oxygens (including phenoxy) is 1. The lowest BCUT2D eigenvalue weighted by atomic mass is 10.1. The molecule has 0 spiro atoms. The summed E-state index contributed by atoms with van der Waals surface area (Å²) in [5, 5.41) is 0. The molecule has 1 atom stereocenters. The van der Waals surface area contributed by atoms with Crippen LogP contribution in [0.3, 0.4) is 0 Å². The van der Waals surface area contributed by atoms with Gasteiger partial charge in [-0.25, -0.2) is 0 Å². The molecule has 0 radical (unpaired) electrons. The molecule has 0 fully saturated rings. The lowest BCUT2D eigenvalue weighted by molar-refractivity contribution is 0.405. The minimum absolute atomic E-state index is 0.0309. The Morgan fingerprint density at radius 1 is 1.00 bits per heavy atom. The van der Waals surface area contributed by atoms with Crippen molar-refractivity contribution in [2.45, 2.75) is 22.8 Å². The van der Waals surface area contributed by atoms with Crippen molar-refractivity contribution in [3.05, 3.63) is 54.1 Å². The van der Waals surface area contributed by atoms with Gasteiger partial charge in [0.1, 0.15) is 5.75 Å². The van der Waals surface area contributed by atoms with Gasteiger partial charge in [-0.05, 0) is 30.7 Å². The third-order valence-corrected chi connectivity index (χ3v) is 3.85. The van der Waals surface area contributed by atoms with Gasteiger partial charge in [0, 0.05) is 10.9 Å². The van der Waals surface area contributed by atoms with Crippen LogP contribution in [0.15, 0.2) is 58.3 Å². The van der Waals surface area contributed by atoms with Crippen LogP contribution in [0.1, 0.15) is 18.5 Å². The Labute approximate surface area is 112 Å². The molecule has 94 valence electrons. The van der Waals surface area contributed by atoms with E-state index in [0.717, 1.165) is 16.2 Å². The number of rotatable bonds is 4. The zero-order valence-electron chi connectivity index (χ0n) is 10.6. The molecule has 0 aliphatic rings. The highest BCUT2D eigenvalue weighted by Crippen LogP contribution is 2.37.